The maximum Gasteiger partial charge on any atom is 0.191 e. The van der Waals surface area contributed by atoms with Crippen molar-refractivity contribution in [1.82, 2.24) is 0 Å². The lowest BCUT2D eigenvalue weighted by molar-refractivity contribution is 0.277. The molecule has 0 aliphatic carbocycles. The molecule has 0 saturated carbocycles. The number of hydrogen-bond donors (Lipinski definition) is 0. The van der Waals surface area contributed by atoms with Gasteiger partial charge in [-0.15, -0.1) is 0 Å². The van der Waals surface area contributed by atoms with Crippen LogP contribution in [0.4, 0.5) is 5.69 Å². The summed E-state index contributed by atoms with van der Waals surface area (Å²) in [5.41, 5.74) is 2.78. The second-order valence-electron chi connectivity index (χ2n) is 8.62. The number of aryl methyl sites for hydroxylation is 1. The van der Waals surface area contributed by atoms with Gasteiger partial charge in [-0.05, 0) is 62.0 Å². The van der Waals surface area contributed by atoms with E-state index in [2.05, 4.69) is 76.9 Å². The van der Waals surface area contributed by atoms with Crippen molar-refractivity contribution < 1.29 is 4.43 Å². The van der Waals surface area contributed by atoms with Gasteiger partial charge in [-0.3, -0.25) is 0 Å². The number of anilines is 1. The molecule has 0 unspecified atom stereocenters. The molecule has 0 aromatic heterocycles. The van der Waals surface area contributed by atoms with Gasteiger partial charge < -0.3 is 9.33 Å². The van der Waals surface area contributed by atoms with E-state index in [9.17, 15) is 0 Å². The first-order valence-corrected chi connectivity index (χ1v) is 13.1. The summed E-state index contributed by atoms with van der Waals surface area (Å²) in [5, 5.41) is 0.321. The maximum absolute atomic E-state index is 6.26. The minimum Gasteiger partial charge on any atom is -0.417 e. The molecule has 1 aromatic rings. The highest BCUT2D eigenvalue weighted by Gasteiger charge is 2.36. The summed E-state index contributed by atoms with van der Waals surface area (Å²) < 4.78 is 6.26. The fourth-order valence-electron chi connectivity index (χ4n) is 2.71. The Hall–Kier alpha value is -0.803. The number of unbranched alkanes of at least 4 members (excludes halogenated alkanes) is 3. The first kappa shape index (κ1) is 22.2. The highest BCUT2D eigenvalue weighted by atomic mass is 28.4. The van der Waals surface area contributed by atoms with Crippen molar-refractivity contribution in [3.63, 3.8) is 0 Å². The fraction of sp³-hybridized carbons (Fsp3) is 0.727. The Morgan fingerprint density at radius 3 is 2.04 bits per heavy atom. The van der Waals surface area contributed by atoms with Gasteiger partial charge in [-0.1, -0.05) is 52.7 Å². The second kappa shape index (κ2) is 10.4. The average Bonchev–Trinajstić information content (AvgIpc) is 2.56. The van der Waals surface area contributed by atoms with E-state index >= 15 is 0 Å². The Balaban J connectivity index is 2.23. The third-order valence-electron chi connectivity index (χ3n) is 5.68. The molecular weight excluding hydrogens is 322 g/mol. The van der Waals surface area contributed by atoms with Gasteiger partial charge in [-0.25, -0.2) is 0 Å². The molecule has 0 saturated heterocycles. The minimum absolute atomic E-state index is 0.321. The van der Waals surface area contributed by atoms with Crippen LogP contribution < -0.4 is 4.90 Å². The lowest BCUT2D eigenvalue weighted by Gasteiger charge is -2.36. The van der Waals surface area contributed by atoms with Crippen LogP contribution in [0, 0.1) is 0 Å². The number of nitrogens with zero attached hydrogens (tertiary/aromatic N) is 1. The molecule has 0 amide bonds. The number of hydrogen-bond acceptors (Lipinski definition) is 2. The Labute approximate surface area is 158 Å². The van der Waals surface area contributed by atoms with Crippen molar-refractivity contribution in [2.75, 3.05) is 24.6 Å². The molecule has 3 heteroatoms. The molecule has 0 aliphatic heterocycles. The SMILES string of the molecule is CCc1ccc(N(CC)CCCCCCO[Si](C)(C)C(C)(C)C)cc1. The van der Waals surface area contributed by atoms with Crippen LogP contribution in [-0.4, -0.2) is 28.0 Å². The van der Waals surface area contributed by atoms with E-state index in [1.54, 1.807) is 0 Å². The predicted molar refractivity (Wildman–Crippen MR) is 115 cm³/mol. The third kappa shape index (κ3) is 7.53. The van der Waals surface area contributed by atoms with Gasteiger partial charge in [-0.2, -0.15) is 0 Å². The van der Waals surface area contributed by atoms with Crippen molar-refractivity contribution in [3.05, 3.63) is 29.8 Å². The van der Waals surface area contributed by atoms with E-state index in [0.29, 0.717) is 5.04 Å². The van der Waals surface area contributed by atoms with Crippen LogP contribution in [0.2, 0.25) is 18.1 Å². The van der Waals surface area contributed by atoms with E-state index in [-0.39, 0.29) is 0 Å². The minimum atomic E-state index is -1.56. The molecule has 25 heavy (non-hydrogen) atoms. The van der Waals surface area contributed by atoms with Crippen molar-refractivity contribution in [2.24, 2.45) is 0 Å². The van der Waals surface area contributed by atoms with E-state index in [1.165, 1.54) is 36.9 Å². The number of benzene rings is 1. The normalized spacial score (nSPS) is 12.4. The zero-order chi connectivity index (χ0) is 18.9. The van der Waals surface area contributed by atoms with Crippen LogP contribution in [0.1, 0.15) is 65.9 Å². The van der Waals surface area contributed by atoms with Crippen molar-refractivity contribution >= 4 is 14.0 Å². The standard InChI is InChI=1S/C22H41NOSi/c1-8-20-14-16-21(17-15-20)23(9-2)18-12-10-11-13-19-24-25(6,7)22(3,4)5/h14-17H,8-13,18-19H2,1-7H3. The summed E-state index contributed by atoms with van der Waals surface area (Å²) >= 11 is 0. The van der Waals surface area contributed by atoms with Crippen LogP contribution in [0.25, 0.3) is 0 Å². The molecule has 2 nitrogen and oxygen atoms in total. The molecule has 0 atom stereocenters. The zero-order valence-electron chi connectivity index (χ0n) is 17.8. The molecule has 0 spiro atoms. The lowest BCUT2D eigenvalue weighted by Crippen LogP contribution is -2.40. The summed E-state index contributed by atoms with van der Waals surface area (Å²) in [5.74, 6) is 0. The van der Waals surface area contributed by atoms with Gasteiger partial charge in [0.2, 0.25) is 0 Å². The topological polar surface area (TPSA) is 12.5 Å². The van der Waals surface area contributed by atoms with Crippen LogP contribution in [0.15, 0.2) is 24.3 Å². The van der Waals surface area contributed by atoms with E-state index in [1.807, 2.05) is 0 Å². The predicted octanol–water partition coefficient (Wildman–Crippen LogP) is 6.66. The molecule has 0 heterocycles. The van der Waals surface area contributed by atoms with Gasteiger partial charge in [0.15, 0.2) is 8.32 Å². The first-order chi connectivity index (χ1) is 11.7. The summed E-state index contributed by atoms with van der Waals surface area (Å²) in [6, 6.07) is 9.07. The second-order valence-corrected chi connectivity index (χ2v) is 13.4. The monoisotopic (exact) mass is 363 g/mol. The smallest absolute Gasteiger partial charge is 0.191 e. The molecule has 0 aliphatic rings. The Kier molecular flexibility index (Phi) is 9.23. The fourth-order valence-corrected chi connectivity index (χ4v) is 3.80. The van der Waals surface area contributed by atoms with Crippen molar-refractivity contribution in [3.8, 4) is 0 Å². The van der Waals surface area contributed by atoms with Crippen LogP contribution in [0.5, 0.6) is 0 Å². The van der Waals surface area contributed by atoms with E-state index in [0.717, 1.165) is 26.1 Å². The molecule has 0 fully saturated rings. The largest absolute Gasteiger partial charge is 0.417 e. The van der Waals surface area contributed by atoms with Crippen molar-refractivity contribution in [1.29, 1.82) is 0 Å². The summed E-state index contributed by atoms with van der Waals surface area (Å²) in [4.78, 5) is 2.49. The highest BCUT2D eigenvalue weighted by molar-refractivity contribution is 6.74. The Morgan fingerprint density at radius 2 is 1.52 bits per heavy atom. The summed E-state index contributed by atoms with van der Waals surface area (Å²) in [6.45, 7) is 19.3. The van der Waals surface area contributed by atoms with Gasteiger partial charge >= 0.3 is 0 Å². The Bertz CT molecular complexity index is 476. The number of rotatable bonds is 11. The van der Waals surface area contributed by atoms with E-state index < -0.39 is 8.32 Å². The molecule has 0 bridgehead atoms. The molecule has 144 valence electrons. The summed E-state index contributed by atoms with van der Waals surface area (Å²) in [6.07, 6.45) is 6.15. The summed E-state index contributed by atoms with van der Waals surface area (Å²) in [7, 11) is -1.56. The van der Waals surface area contributed by atoms with Crippen molar-refractivity contribution in [2.45, 2.75) is 84.9 Å². The molecule has 1 rings (SSSR count). The van der Waals surface area contributed by atoms with Crippen LogP contribution in [0.3, 0.4) is 0 Å². The van der Waals surface area contributed by atoms with Gasteiger partial charge in [0.25, 0.3) is 0 Å². The van der Waals surface area contributed by atoms with Gasteiger partial charge in [0, 0.05) is 25.4 Å². The van der Waals surface area contributed by atoms with Crippen LogP contribution in [-0.2, 0) is 10.8 Å². The quantitative estimate of drug-likeness (QED) is 0.322. The Morgan fingerprint density at radius 1 is 0.920 bits per heavy atom. The first-order valence-electron chi connectivity index (χ1n) is 10.2. The molecule has 0 radical (unpaired) electrons. The average molecular weight is 364 g/mol. The van der Waals surface area contributed by atoms with Gasteiger partial charge in [0.1, 0.15) is 0 Å². The molecule has 1 aromatic carbocycles. The maximum atomic E-state index is 6.26. The van der Waals surface area contributed by atoms with E-state index in [4.69, 9.17) is 4.43 Å². The molecular formula is C22H41NOSi. The molecule has 0 N–H and O–H groups in total. The van der Waals surface area contributed by atoms with Gasteiger partial charge in [0.05, 0.1) is 0 Å². The highest BCUT2D eigenvalue weighted by Crippen LogP contribution is 2.36. The third-order valence-corrected chi connectivity index (χ3v) is 10.2. The van der Waals surface area contributed by atoms with Crippen LogP contribution >= 0.6 is 0 Å². The lowest BCUT2D eigenvalue weighted by atomic mass is 10.1. The zero-order valence-corrected chi connectivity index (χ0v) is 18.8.